The van der Waals surface area contributed by atoms with Crippen molar-refractivity contribution in [3.63, 3.8) is 0 Å². The standard InChI is InChI=1S/C19H16N2O2/c1-22-14-7-5-13(6-8-14)20-19-16-12-15(23-2)9-10-17(16)21-11-3-4-18(19)21/h3-12H,1-2H3. The molecule has 4 nitrogen and oxygen atoms in total. The Balaban J connectivity index is 1.86. The van der Waals surface area contributed by atoms with Crippen LogP contribution >= 0.6 is 0 Å². The van der Waals surface area contributed by atoms with E-state index in [1.54, 1.807) is 14.2 Å². The number of methoxy groups -OCH3 is 2. The van der Waals surface area contributed by atoms with Gasteiger partial charge in [-0.3, -0.25) is 0 Å². The van der Waals surface area contributed by atoms with Crippen molar-refractivity contribution >= 4 is 11.4 Å². The molecule has 1 aliphatic rings. The van der Waals surface area contributed by atoms with Gasteiger partial charge < -0.3 is 14.0 Å². The fraction of sp³-hybridized carbons (Fsp3) is 0.105. The molecule has 4 heteroatoms. The maximum atomic E-state index is 5.36. The predicted octanol–water partition coefficient (Wildman–Crippen LogP) is 3.98. The molecule has 114 valence electrons. The molecule has 0 amide bonds. The van der Waals surface area contributed by atoms with Crippen LogP contribution < -0.4 is 9.47 Å². The molecule has 4 rings (SSSR count). The molecule has 23 heavy (non-hydrogen) atoms. The second kappa shape index (κ2) is 5.32. The molecular weight excluding hydrogens is 288 g/mol. The van der Waals surface area contributed by atoms with Gasteiger partial charge in [0.1, 0.15) is 11.5 Å². The smallest absolute Gasteiger partial charge is 0.119 e. The third kappa shape index (κ3) is 2.19. The lowest BCUT2D eigenvalue weighted by molar-refractivity contribution is 0.414. The van der Waals surface area contributed by atoms with Crippen molar-refractivity contribution in [2.45, 2.75) is 0 Å². The van der Waals surface area contributed by atoms with Crippen LogP contribution in [0.25, 0.3) is 5.69 Å². The second-order valence-electron chi connectivity index (χ2n) is 5.30. The van der Waals surface area contributed by atoms with E-state index in [9.17, 15) is 0 Å². The van der Waals surface area contributed by atoms with Gasteiger partial charge in [0, 0.05) is 11.8 Å². The number of hydrogen-bond donors (Lipinski definition) is 0. The first kappa shape index (κ1) is 13.6. The van der Waals surface area contributed by atoms with Crippen molar-refractivity contribution < 1.29 is 9.47 Å². The Morgan fingerprint density at radius 2 is 1.61 bits per heavy atom. The first-order chi connectivity index (χ1) is 11.3. The van der Waals surface area contributed by atoms with Gasteiger partial charge in [-0.2, -0.15) is 0 Å². The molecule has 0 aliphatic carbocycles. The summed E-state index contributed by atoms with van der Waals surface area (Å²) in [6.07, 6.45) is 2.05. The third-order valence-corrected chi connectivity index (χ3v) is 4.02. The minimum absolute atomic E-state index is 0.825. The summed E-state index contributed by atoms with van der Waals surface area (Å²) in [5.74, 6) is 1.66. The lowest BCUT2D eigenvalue weighted by Gasteiger charge is -2.05. The molecular formula is C19H16N2O2. The SMILES string of the molecule is COc1ccc(N=C2c3cc(OC)ccc3-n3cccc32)cc1. The molecule has 0 N–H and O–H groups in total. The topological polar surface area (TPSA) is 35.8 Å². The molecule has 0 saturated heterocycles. The van der Waals surface area contributed by atoms with E-state index in [1.165, 1.54) is 0 Å². The Hall–Kier alpha value is -3.01. The molecule has 1 aromatic heterocycles. The van der Waals surface area contributed by atoms with Crippen molar-refractivity contribution in [2.24, 2.45) is 4.99 Å². The first-order valence-corrected chi connectivity index (χ1v) is 7.39. The summed E-state index contributed by atoms with van der Waals surface area (Å²) in [5.41, 5.74) is 5.14. The fourth-order valence-electron chi connectivity index (χ4n) is 2.87. The molecule has 2 aromatic carbocycles. The van der Waals surface area contributed by atoms with E-state index in [2.05, 4.69) is 22.9 Å². The molecule has 1 aliphatic heterocycles. The van der Waals surface area contributed by atoms with Crippen LogP contribution in [0.15, 0.2) is 65.8 Å². The summed E-state index contributed by atoms with van der Waals surface area (Å²) in [7, 11) is 3.34. The van der Waals surface area contributed by atoms with E-state index in [1.807, 2.05) is 42.5 Å². The monoisotopic (exact) mass is 304 g/mol. The molecule has 2 heterocycles. The summed E-state index contributed by atoms with van der Waals surface area (Å²) in [6, 6.07) is 17.9. The van der Waals surface area contributed by atoms with Crippen molar-refractivity contribution in [1.29, 1.82) is 0 Å². The highest BCUT2D eigenvalue weighted by Gasteiger charge is 2.24. The minimum atomic E-state index is 0.825. The van der Waals surface area contributed by atoms with Crippen molar-refractivity contribution in [1.82, 2.24) is 4.57 Å². The highest BCUT2D eigenvalue weighted by molar-refractivity contribution is 6.18. The van der Waals surface area contributed by atoms with Crippen LogP contribution in [0, 0.1) is 0 Å². The molecule has 0 unspecified atom stereocenters. The van der Waals surface area contributed by atoms with Gasteiger partial charge in [0.25, 0.3) is 0 Å². The van der Waals surface area contributed by atoms with Gasteiger partial charge in [0.2, 0.25) is 0 Å². The zero-order chi connectivity index (χ0) is 15.8. The van der Waals surface area contributed by atoms with Crippen LogP contribution in [-0.2, 0) is 0 Å². The van der Waals surface area contributed by atoms with Crippen molar-refractivity contribution in [2.75, 3.05) is 14.2 Å². The molecule has 0 fully saturated rings. The zero-order valence-corrected chi connectivity index (χ0v) is 13.0. The van der Waals surface area contributed by atoms with Gasteiger partial charge >= 0.3 is 0 Å². The Morgan fingerprint density at radius 1 is 0.870 bits per heavy atom. The van der Waals surface area contributed by atoms with Crippen molar-refractivity contribution in [3.8, 4) is 17.2 Å². The zero-order valence-electron chi connectivity index (χ0n) is 13.0. The highest BCUT2D eigenvalue weighted by Crippen LogP contribution is 2.33. The Labute approximate surface area is 134 Å². The average molecular weight is 304 g/mol. The van der Waals surface area contributed by atoms with E-state index in [4.69, 9.17) is 14.5 Å². The van der Waals surface area contributed by atoms with Gasteiger partial charge in [0.05, 0.1) is 37.0 Å². The van der Waals surface area contributed by atoms with Crippen LogP contribution in [0.5, 0.6) is 11.5 Å². The van der Waals surface area contributed by atoms with E-state index in [0.29, 0.717) is 0 Å². The van der Waals surface area contributed by atoms with Gasteiger partial charge in [-0.1, -0.05) is 0 Å². The van der Waals surface area contributed by atoms with E-state index in [-0.39, 0.29) is 0 Å². The number of fused-ring (bicyclic) bond motifs is 3. The lowest BCUT2D eigenvalue weighted by Crippen LogP contribution is -1.98. The summed E-state index contributed by atoms with van der Waals surface area (Å²) in [6.45, 7) is 0. The van der Waals surface area contributed by atoms with Crippen LogP contribution in [-0.4, -0.2) is 24.5 Å². The fourth-order valence-corrected chi connectivity index (χ4v) is 2.87. The second-order valence-corrected chi connectivity index (χ2v) is 5.30. The summed E-state index contributed by atoms with van der Waals surface area (Å²) < 4.78 is 12.7. The number of aliphatic imine (C=N–C) groups is 1. The van der Waals surface area contributed by atoms with Gasteiger partial charge in [-0.25, -0.2) is 4.99 Å². The Bertz CT molecular complexity index is 892. The normalized spacial score (nSPS) is 13.7. The summed E-state index contributed by atoms with van der Waals surface area (Å²) in [5, 5.41) is 0. The summed E-state index contributed by atoms with van der Waals surface area (Å²) >= 11 is 0. The molecule has 0 atom stereocenters. The largest absolute Gasteiger partial charge is 0.497 e. The highest BCUT2D eigenvalue weighted by atomic mass is 16.5. The number of hydrogen-bond acceptors (Lipinski definition) is 3. The average Bonchev–Trinajstić information content (AvgIpc) is 3.18. The van der Waals surface area contributed by atoms with Gasteiger partial charge in [0.15, 0.2) is 0 Å². The van der Waals surface area contributed by atoms with Gasteiger partial charge in [-0.15, -0.1) is 0 Å². The maximum Gasteiger partial charge on any atom is 0.119 e. The first-order valence-electron chi connectivity index (χ1n) is 7.39. The predicted molar refractivity (Wildman–Crippen MR) is 90.6 cm³/mol. The Kier molecular flexibility index (Phi) is 3.15. The van der Waals surface area contributed by atoms with E-state index in [0.717, 1.165) is 39.8 Å². The quantitative estimate of drug-likeness (QED) is 0.574. The van der Waals surface area contributed by atoms with Crippen LogP contribution in [0.2, 0.25) is 0 Å². The Morgan fingerprint density at radius 3 is 2.35 bits per heavy atom. The van der Waals surface area contributed by atoms with E-state index >= 15 is 0 Å². The molecule has 0 bridgehead atoms. The molecule has 3 aromatic rings. The van der Waals surface area contributed by atoms with E-state index < -0.39 is 0 Å². The van der Waals surface area contributed by atoms with Crippen LogP contribution in [0.4, 0.5) is 5.69 Å². The minimum Gasteiger partial charge on any atom is -0.497 e. The molecule has 0 radical (unpaired) electrons. The van der Waals surface area contributed by atoms with Crippen LogP contribution in [0.3, 0.4) is 0 Å². The lowest BCUT2D eigenvalue weighted by atomic mass is 10.1. The number of benzene rings is 2. The van der Waals surface area contributed by atoms with Crippen molar-refractivity contribution in [3.05, 3.63) is 72.1 Å². The van der Waals surface area contributed by atoms with Crippen LogP contribution in [0.1, 0.15) is 11.3 Å². The number of rotatable bonds is 3. The maximum absolute atomic E-state index is 5.36. The molecule has 0 saturated carbocycles. The number of ether oxygens (including phenoxy) is 2. The number of nitrogens with zero attached hydrogens (tertiary/aromatic N) is 2. The van der Waals surface area contributed by atoms with Gasteiger partial charge in [-0.05, 0) is 54.6 Å². The molecule has 0 spiro atoms. The summed E-state index contributed by atoms with van der Waals surface area (Å²) in [4.78, 5) is 4.85. The third-order valence-electron chi connectivity index (χ3n) is 4.02. The number of aromatic nitrogens is 1.